The number of hydrogen-bond acceptors (Lipinski definition) is 6. The van der Waals surface area contributed by atoms with Crippen molar-refractivity contribution in [3.05, 3.63) is 36.4 Å². The van der Waals surface area contributed by atoms with Crippen LogP contribution in [0.3, 0.4) is 0 Å². The summed E-state index contributed by atoms with van der Waals surface area (Å²) in [6.45, 7) is 2.50. The number of benzene rings is 2. The van der Waals surface area contributed by atoms with Crippen molar-refractivity contribution in [2.24, 2.45) is 0 Å². The average molecular weight is 300 g/mol. The molecule has 6 heteroatoms. The molecule has 0 saturated carbocycles. The fourth-order valence-electron chi connectivity index (χ4n) is 2.03. The van der Waals surface area contributed by atoms with Crippen LogP contribution in [0, 0.1) is 0 Å². The van der Waals surface area contributed by atoms with Crippen LogP contribution in [0.5, 0.6) is 34.5 Å². The highest BCUT2D eigenvalue weighted by molar-refractivity contribution is 5.77. The second-order valence-corrected chi connectivity index (χ2v) is 4.56. The van der Waals surface area contributed by atoms with Gasteiger partial charge in [0, 0.05) is 13.8 Å². The molecule has 0 aromatic heterocycles. The molecule has 0 unspecified atom stereocenters. The van der Waals surface area contributed by atoms with Gasteiger partial charge in [-0.1, -0.05) is 12.1 Å². The fraction of sp³-hybridized carbons (Fsp3) is 0.125. The van der Waals surface area contributed by atoms with Crippen molar-refractivity contribution in [3.63, 3.8) is 0 Å². The van der Waals surface area contributed by atoms with Crippen LogP contribution in [0.25, 0.3) is 0 Å². The van der Waals surface area contributed by atoms with E-state index in [1.807, 2.05) is 6.07 Å². The Kier molecular flexibility index (Phi) is 3.42. The van der Waals surface area contributed by atoms with E-state index >= 15 is 0 Å². The molecule has 0 aliphatic carbocycles. The lowest BCUT2D eigenvalue weighted by Gasteiger charge is -2.23. The zero-order chi connectivity index (χ0) is 15.7. The first-order valence-electron chi connectivity index (χ1n) is 6.53. The Hall–Kier alpha value is -3.02. The zero-order valence-corrected chi connectivity index (χ0v) is 11.9. The maximum Gasteiger partial charge on any atom is 0.308 e. The first kappa shape index (κ1) is 13.9. The molecule has 3 rings (SSSR count). The van der Waals surface area contributed by atoms with Crippen molar-refractivity contribution in [1.82, 2.24) is 0 Å². The number of ether oxygens (including phenoxy) is 4. The standard InChI is InChI=1S/C16H12O6/c1-9(17)19-13-7-8-14-16(15(13)20-10(2)18)22-12-6-4-3-5-11(12)21-14/h3-8H,1-2H3. The van der Waals surface area contributed by atoms with Gasteiger partial charge in [-0.15, -0.1) is 0 Å². The number of rotatable bonds is 2. The zero-order valence-electron chi connectivity index (χ0n) is 11.9. The Morgan fingerprint density at radius 3 is 2.09 bits per heavy atom. The summed E-state index contributed by atoms with van der Waals surface area (Å²) >= 11 is 0. The van der Waals surface area contributed by atoms with E-state index in [1.54, 1.807) is 24.3 Å². The average Bonchev–Trinajstić information content (AvgIpc) is 2.47. The summed E-state index contributed by atoms with van der Waals surface area (Å²) in [5.41, 5.74) is 0. The van der Waals surface area contributed by atoms with Gasteiger partial charge in [0.05, 0.1) is 0 Å². The normalized spacial score (nSPS) is 11.4. The van der Waals surface area contributed by atoms with E-state index in [0.717, 1.165) is 0 Å². The minimum atomic E-state index is -0.565. The molecular weight excluding hydrogens is 288 g/mol. The summed E-state index contributed by atoms with van der Waals surface area (Å²) in [6.07, 6.45) is 0. The summed E-state index contributed by atoms with van der Waals surface area (Å²) in [5, 5.41) is 0. The second-order valence-electron chi connectivity index (χ2n) is 4.56. The van der Waals surface area contributed by atoms with Gasteiger partial charge >= 0.3 is 11.9 Å². The SMILES string of the molecule is CC(=O)Oc1ccc2c(c1OC(C)=O)Oc1ccccc1O2. The van der Waals surface area contributed by atoms with E-state index in [0.29, 0.717) is 17.2 Å². The topological polar surface area (TPSA) is 71.1 Å². The second kappa shape index (κ2) is 5.40. The number of esters is 2. The van der Waals surface area contributed by atoms with Gasteiger partial charge in [0.1, 0.15) is 0 Å². The van der Waals surface area contributed by atoms with Crippen LogP contribution in [0.15, 0.2) is 36.4 Å². The van der Waals surface area contributed by atoms with E-state index in [1.165, 1.54) is 19.9 Å². The van der Waals surface area contributed by atoms with Crippen LogP contribution in [0.2, 0.25) is 0 Å². The van der Waals surface area contributed by atoms with Crippen LogP contribution in [-0.4, -0.2) is 11.9 Å². The predicted octanol–water partition coefficient (Wildman–Crippen LogP) is 3.44. The van der Waals surface area contributed by atoms with Crippen LogP contribution in [0.4, 0.5) is 0 Å². The Bertz CT molecular complexity index is 765. The molecule has 0 radical (unpaired) electrons. The Balaban J connectivity index is 2.09. The number of carbonyl (C=O) groups is 2. The molecule has 6 nitrogen and oxygen atoms in total. The lowest BCUT2D eigenvalue weighted by Crippen LogP contribution is -2.10. The third-order valence-electron chi connectivity index (χ3n) is 2.82. The van der Waals surface area contributed by atoms with Crippen molar-refractivity contribution in [2.45, 2.75) is 13.8 Å². The van der Waals surface area contributed by atoms with E-state index in [-0.39, 0.29) is 17.2 Å². The number of hydrogen-bond donors (Lipinski definition) is 0. The third kappa shape index (κ3) is 2.58. The van der Waals surface area contributed by atoms with Gasteiger partial charge in [-0.2, -0.15) is 0 Å². The van der Waals surface area contributed by atoms with Crippen LogP contribution in [0.1, 0.15) is 13.8 Å². The summed E-state index contributed by atoms with van der Waals surface area (Å²) in [5.74, 6) is 0.569. The van der Waals surface area contributed by atoms with Gasteiger partial charge in [-0.3, -0.25) is 9.59 Å². The minimum Gasteiger partial charge on any atom is -0.449 e. The number of para-hydroxylation sites is 2. The monoisotopic (exact) mass is 300 g/mol. The molecule has 22 heavy (non-hydrogen) atoms. The summed E-state index contributed by atoms with van der Waals surface area (Å²) < 4.78 is 21.6. The van der Waals surface area contributed by atoms with Gasteiger partial charge in [-0.25, -0.2) is 0 Å². The van der Waals surface area contributed by atoms with E-state index in [2.05, 4.69) is 0 Å². The van der Waals surface area contributed by atoms with Crippen molar-refractivity contribution >= 4 is 11.9 Å². The van der Waals surface area contributed by atoms with Crippen molar-refractivity contribution in [1.29, 1.82) is 0 Å². The molecule has 2 aromatic rings. The molecule has 112 valence electrons. The summed E-state index contributed by atoms with van der Waals surface area (Å²) in [4.78, 5) is 22.5. The van der Waals surface area contributed by atoms with E-state index in [9.17, 15) is 9.59 Å². The van der Waals surface area contributed by atoms with E-state index < -0.39 is 11.9 Å². The molecule has 1 aliphatic heterocycles. The van der Waals surface area contributed by atoms with Gasteiger partial charge in [-0.05, 0) is 24.3 Å². The molecule has 1 aliphatic rings. The van der Waals surface area contributed by atoms with Gasteiger partial charge in [0.15, 0.2) is 23.0 Å². The molecule has 0 atom stereocenters. The van der Waals surface area contributed by atoms with Crippen molar-refractivity contribution in [2.75, 3.05) is 0 Å². The first-order valence-corrected chi connectivity index (χ1v) is 6.53. The molecule has 0 bridgehead atoms. The van der Waals surface area contributed by atoms with Crippen molar-refractivity contribution < 1.29 is 28.5 Å². The van der Waals surface area contributed by atoms with Gasteiger partial charge in [0.25, 0.3) is 0 Å². The first-order chi connectivity index (χ1) is 10.5. The highest BCUT2D eigenvalue weighted by Crippen LogP contribution is 2.52. The molecule has 0 fully saturated rings. The molecule has 0 spiro atoms. The molecule has 0 amide bonds. The molecule has 0 N–H and O–H groups in total. The molecule has 1 heterocycles. The number of fused-ring (bicyclic) bond motifs is 2. The lowest BCUT2D eigenvalue weighted by atomic mass is 10.2. The van der Waals surface area contributed by atoms with E-state index in [4.69, 9.17) is 18.9 Å². The molecule has 2 aromatic carbocycles. The number of carbonyl (C=O) groups excluding carboxylic acids is 2. The summed E-state index contributed by atoms with van der Waals surface area (Å²) in [7, 11) is 0. The smallest absolute Gasteiger partial charge is 0.308 e. The minimum absolute atomic E-state index is 0.00898. The highest BCUT2D eigenvalue weighted by Gasteiger charge is 2.27. The van der Waals surface area contributed by atoms with Gasteiger partial charge < -0.3 is 18.9 Å². The maximum atomic E-state index is 11.3. The largest absolute Gasteiger partial charge is 0.449 e. The quantitative estimate of drug-likeness (QED) is 0.533. The maximum absolute atomic E-state index is 11.3. The Labute approximate surface area is 126 Å². The molecular formula is C16H12O6. The Morgan fingerprint density at radius 1 is 0.818 bits per heavy atom. The third-order valence-corrected chi connectivity index (χ3v) is 2.82. The summed E-state index contributed by atoms with van der Waals surface area (Å²) in [6, 6.07) is 10.1. The molecule has 0 saturated heterocycles. The predicted molar refractivity (Wildman–Crippen MR) is 75.7 cm³/mol. The lowest BCUT2D eigenvalue weighted by molar-refractivity contribution is -0.134. The van der Waals surface area contributed by atoms with Crippen LogP contribution < -0.4 is 18.9 Å². The highest BCUT2D eigenvalue weighted by atomic mass is 16.6. The van der Waals surface area contributed by atoms with Gasteiger partial charge in [0.2, 0.25) is 11.5 Å². The fourth-order valence-corrected chi connectivity index (χ4v) is 2.03. The van der Waals surface area contributed by atoms with Crippen LogP contribution >= 0.6 is 0 Å². The van der Waals surface area contributed by atoms with Crippen LogP contribution in [-0.2, 0) is 9.59 Å². The van der Waals surface area contributed by atoms with Crippen molar-refractivity contribution in [3.8, 4) is 34.5 Å². The Morgan fingerprint density at radius 2 is 1.45 bits per heavy atom.